The number of carboxylic acids is 1. The number of benzene rings is 2. The lowest BCUT2D eigenvalue weighted by Gasteiger charge is -2.19. The lowest BCUT2D eigenvalue weighted by Crippen LogP contribution is -2.19. The second-order valence-electron chi connectivity index (χ2n) is 8.60. The maximum atomic E-state index is 14.7. The molecular weight excluding hydrogens is 532 g/mol. The molecule has 0 bridgehead atoms. The van der Waals surface area contributed by atoms with Gasteiger partial charge in [0.2, 0.25) is 0 Å². The molecule has 1 heterocycles. The summed E-state index contributed by atoms with van der Waals surface area (Å²) in [6.45, 7) is 0.717. The quantitative estimate of drug-likeness (QED) is 0.267. The van der Waals surface area contributed by atoms with Crippen LogP contribution >= 0.6 is 22.9 Å². The van der Waals surface area contributed by atoms with Crippen LogP contribution in [-0.2, 0) is 17.8 Å². The third-order valence-corrected chi connectivity index (χ3v) is 7.13. The number of carbonyl (C=O) groups is 1. The summed E-state index contributed by atoms with van der Waals surface area (Å²) in [6, 6.07) is 10.5. The van der Waals surface area contributed by atoms with Crippen LogP contribution < -0.4 is 9.47 Å². The Balaban J connectivity index is 0.00000118. The Kier molecular flexibility index (Phi) is 9.84. The molecule has 0 spiro atoms. The van der Waals surface area contributed by atoms with Gasteiger partial charge >= 0.3 is 12.1 Å². The predicted octanol–water partition coefficient (Wildman–Crippen LogP) is 8.65. The van der Waals surface area contributed by atoms with Crippen molar-refractivity contribution in [1.29, 1.82) is 0 Å². The van der Waals surface area contributed by atoms with Gasteiger partial charge in [0.05, 0.1) is 13.0 Å². The first kappa shape index (κ1) is 28.8. The van der Waals surface area contributed by atoms with Crippen molar-refractivity contribution in [3.8, 4) is 21.9 Å². The van der Waals surface area contributed by atoms with E-state index < -0.39 is 23.9 Å². The minimum atomic E-state index is -4.60. The zero-order valence-corrected chi connectivity index (χ0v) is 21.9. The van der Waals surface area contributed by atoms with Crippen molar-refractivity contribution in [2.75, 3.05) is 7.11 Å². The molecular formula is C27H27ClF4O4S. The third kappa shape index (κ3) is 8.10. The van der Waals surface area contributed by atoms with Gasteiger partial charge in [-0.3, -0.25) is 4.79 Å². The zero-order chi connectivity index (χ0) is 27.2. The van der Waals surface area contributed by atoms with Gasteiger partial charge in [-0.2, -0.15) is 13.2 Å². The van der Waals surface area contributed by atoms with Crippen LogP contribution in [0.3, 0.4) is 0 Å². The predicted molar refractivity (Wildman–Crippen MR) is 136 cm³/mol. The van der Waals surface area contributed by atoms with Gasteiger partial charge in [0.25, 0.3) is 0 Å². The fourth-order valence-electron chi connectivity index (χ4n) is 3.41. The molecule has 2 aromatic carbocycles. The maximum absolute atomic E-state index is 14.7. The Hall–Kier alpha value is -2.78. The van der Waals surface area contributed by atoms with Gasteiger partial charge in [0.1, 0.15) is 28.3 Å². The smallest absolute Gasteiger partial charge is 0.395 e. The highest BCUT2D eigenvalue weighted by molar-refractivity contribution is 7.19. The summed E-state index contributed by atoms with van der Waals surface area (Å²) < 4.78 is 66.9. The number of methoxy groups -OCH3 is 1. The van der Waals surface area contributed by atoms with Crippen molar-refractivity contribution < 1.29 is 36.9 Å². The van der Waals surface area contributed by atoms with Crippen LogP contribution in [0.2, 0.25) is 4.34 Å². The molecule has 0 radical (unpaired) electrons. The molecule has 3 aromatic rings. The van der Waals surface area contributed by atoms with Crippen LogP contribution in [0.1, 0.15) is 55.2 Å². The average molecular weight is 559 g/mol. The van der Waals surface area contributed by atoms with Gasteiger partial charge in [0.15, 0.2) is 0 Å². The molecule has 0 amide bonds. The van der Waals surface area contributed by atoms with E-state index in [9.17, 15) is 22.4 Å². The summed E-state index contributed by atoms with van der Waals surface area (Å²) in [5.41, 5.74) is 0.625. The van der Waals surface area contributed by atoms with Crippen LogP contribution in [0.5, 0.6) is 11.5 Å². The van der Waals surface area contributed by atoms with Crippen LogP contribution in [-0.4, -0.2) is 24.4 Å². The number of aryl methyl sites for hydroxylation is 1. The number of hydrogen-bond donors (Lipinski definition) is 1. The van der Waals surface area contributed by atoms with Crippen molar-refractivity contribution in [3.63, 3.8) is 0 Å². The van der Waals surface area contributed by atoms with Gasteiger partial charge in [-0.1, -0.05) is 43.0 Å². The molecule has 1 aliphatic rings. The first-order chi connectivity index (χ1) is 17.5. The standard InChI is InChI=1S/C24H21ClF4O4S.C3H6/c1-13(24(27,28)29)21-18(12-33-16-5-3-4-14(10-16)6-9-20(30)31)23(25)34-22(21)17-11-15(32-2)7-8-19(17)26;1-2-3-1/h3-5,7-8,10-11,13H,6,9,12H2,1-2H3,(H,30,31);1-3H2. The van der Waals surface area contributed by atoms with Crippen molar-refractivity contribution in [2.45, 2.75) is 57.7 Å². The molecule has 1 N–H and O–H groups in total. The molecule has 1 fully saturated rings. The van der Waals surface area contributed by atoms with E-state index in [1.165, 1.54) is 38.5 Å². The molecule has 4 rings (SSSR count). The molecule has 0 saturated heterocycles. The van der Waals surface area contributed by atoms with Crippen LogP contribution in [0.4, 0.5) is 17.6 Å². The largest absolute Gasteiger partial charge is 0.497 e. The SMILES string of the molecule is C1CC1.COc1ccc(F)c(-c2sc(Cl)c(COc3cccc(CCC(=O)O)c3)c2C(C)C(F)(F)F)c1. The number of rotatable bonds is 9. The highest BCUT2D eigenvalue weighted by Gasteiger charge is 2.41. The van der Waals surface area contributed by atoms with E-state index in [1.54, 1.807) is 24.3 Å². The molecule has 200 valence electrons. The number of carboxylic acid groups (broad SMARTS) is 1. The second kappa shape index (κ2) is 12.6. The van der Waals surface area contributed by atoms with E-state index in [0.717, 1.165) is 24.3 Å². The first-order valence-corrected chi connectivity index (χ1v) is 12.9. The van der Waals surface area contributed by atoms with Crippen molar-refractivity contribution in [3.05, 3.63) is 69.3 Å². The third-order valence-electron chi connectivity index (χ3n) is 5.60. The normalized spacial score (nSPS) is 13.4. The minimum absolute atomic E-state index is 0.0423. The average Bonchev–Trinajstić information content (AvgIpc) is 3.70. The summed E-state index contributed by atoms with van der Waals surface area (Å²) in [6.07, 6.45) is 0.115. The Morgan fingerprint density at radius 2 is 1.84 bits per heavy atom. The zero-order valence-electron chi connectivity index (χ0n) is 20.3. The number of thiophene rings is 1. The van der Waals surface area contributed by atoms with Gasteiger partial charge < -0.3 is 14.6 Å². The van der Waals surface area contributed by atoms with Gasteiger partial charge in [0, 0.05) is 22.4 Å². The molecule has 1 aromatic heterocycles. The lowest BCUT2D eigenvalue weighted by atomic mass is 9.94. The van der Waals surface area contributed by atoms with Crippen LogP contribution in [0.15, 0.2) is 42.5 Å². The van der Waals surface area contributed by atoms with E-state index in [0.29, 0.717) is 17.1 Å². The molecule has 1 atom stereocenters. The fraction of sp³-hybridized carbons (Fsp3) is 0.370. The van der Waals surface area contributed by atoms with E-state index in [1.807, 2.05) is 0 Å². The molecule has 1 saturated carbocycles. The van der Waals surface area contributed by atoms with E-state index in [2.05, 4.69) is 0 Å². The first-order valence-electron chi connectivity index (χ1n) is 11.7. The molecule has 1 unspecified atom stereocenters. The van der Waals surface area contributed by atoms with Crippen molar-refractivity contribution in [1.82, 2.24) is 0 Å². The molecule has 10 heteroatoms. The van der Waals surface area contributed by atoms with Crippen molar-refractivity contribution in [2.24, 2.45) is 0 Å². The summed E-state index contributed by atoms with van der Waals surface area (Å²) in [4.78, 5) is 10.9. The monoisotopic (exact) mass is 558 g/mol. The maximum Gasteiger partial charge on any atom is 0.395 e. The highest BCUT2D eigenvalue weighted by atomic mass is 35.5. The van der Waals surface area contributed by atoms with Gasteiger partial charge in [-0.05, 0) is 54.8 Å². The summed E-state index contributed by atoms with van der Waals surface area (Å²) in [5.74, 6) is -2.93. The topological polar surface area (TPSA) is 55.8 Å². The molecule has 1 aliphatic carbocycles. The Morgan fingerprint density at radius 1 is 1.14 bits per heavy atom. The second-order valence-corrected chi connectivity index (χ2v) is 10.2. The van der Waals surface area contributed by atoms with Gasteiger partial charge in [-0.25, -0.2) is 4.39 Å². The Morgan fingerprint density at radius 3 is 2.43 bits per heavy atom. The molecule has 37 heavy (non-hydrogen) atoms. The lowest BCUT2D eigenvalue weighted by molar-refractivity contribution is -0.146. The number of ether oxygens (including phenoxy) is 2. The molecule has 4 nitrogen and oxygen atoms in total. The highest BCUT2D eigenvalue weighted by Crippen LogP contribution is 2.49. The van der Waals surface area contributed by atoms with Gasteiger partial charge in [-0.15, -0.1) is 11.3 Å². The van der Waals surface area contributed by atoms with E-state index in [-0.39, 0.29) is 45.4 Å². The molecule has 0 aliphatic heterocycles. The summed E-state index contributed by atoms with van der Waals surface area (Å²) >= 11 is 7.20. The van der Waals surface area contributed by atoms with E-state index in [4.69, 9.17) is 26.2 Å². The summed E-state index contributed by atoms with van der Waals surface area (Å²) in [7, 11) is 1.38. The van der Waals surface area contributed by atoms with Crippen LogP contribution in [0.25, 0.3) is 10.4 Å². The van der Waals surface area contributed by atoms with Crippen LogP contribution in [0, 0.1) is 5.82 Å². The minimum Gasteiger partial charge on any atom is -0.497 e. The Bertz CT molecular complexity index is 1220. The number of hydrogen-bond acceptors (Lipinski definition) is 4. The number of halogens is 5. The number of aliphatic carboxylic acids is 1. The number of alkyl halides is 3. The van der Waals surface area contributed by atoms with Crippen molar-refractivity contribution >= 4 is 28.9 Å². The van der Waals surface area contributed by atoms with E-state index >= 15 is 0 Å². The Labute approximate surface area is 221 Å². The summed E-state index contributed by atoms with van der Waals surface area (Å²) in [5, 5.41) is 8.85. The fourth-order valence-corrected chi connectivity index (χ4v) is 4.94.